The number of nitrogens with zero attached hydrogens (tertiary/aromatic N) is 4. The molecule has 12 heteroatoms. The Morgan fingerprint density at radius 2 is 1.69 bits per heavy atom. The maximum absolute atomic E-state index is 17.2. The first-order valence-electron chi connectivity index (χ1n) is 18.4. The molecule has 0 amide bonds. The summed E-state index contributed by atoms with van der Waals surface area (Å²) in [6.45, 7) is 6.07. The van der Waals surface area contributed by atoms with Crippen molar-refractivity contribution >= 4 is 27.5 Å². The second kappa shape index (κ2) is 11.9. The van der Waals surface area contributed by atoms with Crippen LogP contribution in [0.3, 0.4) is 0 Å². The summed E-state index contributed by atoms with van der Waals surface area (Å²) < 4.78 is 83.9. The van der Waals surface area contributed by atoms with E-state index < -0.39 is 28.9 Å². The molecule has 2 N–H and O–H groups in total. The lowest BCUT2D eigenvalue weighted by atomic mass is 9.89. The summed E-state index contributed by atoms with van der Waals surface area (Å²) in [4.78, 5) is 13.7. The topological polar surface area (TPSA) is 73.8 Å². The number of phenolic OH excluding ortho intramolecular Hbond substituents is 1. The highest BCUT2D eigenvalue weighted by Gasteiger charge is 2.49. The molecule has 5 aliphatic rings. The van der Waals surface area contributed by atoms with E-state index in [0.29, 0.717) is 30.5 Å². The van der Waals surface area contributed by atoms with Crippen molar-refractivity contribution in [2.24, 2.45) is 10.8 Å². The second-order valence-electron chi connectivity index (χ2n) is 15.9. The van der Waals surface area contributed by atoms with Gasteiger partial charge in [-0.3, -0.25) is 0 Å². The van der Waals surface area contributed by atoms with Crippen LogP contribution in [0.15, 0.2) is 30.3 Å². The van der Waals surface area contributed by atoms with E-state index in [9.17, 15) is 5.11 Å². The minimum Gasteiger partial charge on any atom is -0.508 e. The molecule has 2 atom stereocenters. The number of nitrogens with one attached hydrogen (secondary N) is 1. The highest BCUT2D eigenvalue weighted by Crippen LogP contribution is 2.55. The number of ether oxygens (including phenoxy) is 1. The Balaban J connectivity index is 1.17. The second-order valence-corrected chi connectivity index (χ2v) is 15.9. The fourth-order valence-electron chi connectivity index (χ4n) is 9.08. The monoisotopic (exact) mass is 707 g/mol. The molecule has 2 saturated carbocycles. The van der Waals surface area contributed by atoms with Crippen molar-refractivity contribution in [2.75, 3.05) is 44.2 Å². The predicted molar refractivity (Wildman–Crippen MR) is 185 cm³/mol. The zero-order chi connectivity index (χ0) is 35.3. The minimum absolute atomic E-state index is 0.0629. The highest BCUT2D eigenvalue weighted by molar-refractivity contribution is 6.04. The van der Waals surface area contributed by atoms with Crippen molar-refractivity contribution in [3.63, 3.8) is 0 Å². The van der Waals surface area contributed by atoms with Crippen molar-refractivity contribution in [3.8, 4) is 22.9 Å². The average molecular weight is 708 g/mol. The molecule has 3 aromatic carbocycles. The Kier molecular flexibility index (Phi) is 7.71. The van der Waals surface area contributed by atoms with E-state index in [1.165, 1.54) is 43.9 Å². The normalized spacial score (nSPS) is 23.8. The van der Waals surface area contributed by atoms with Gasteiger partial charge in [0.2, 0.25) is 0 Å². The molecule has 7 nitrogen and oxygen atoms in total. The maximum Gasteiger partial charge on any atom is 0.417 e. The molecule has 9 rings (SSSR count). The number of anilines is 1. The lowest BCUT2D eigenvalue weighted by Gasteiger charge is -2.35. The van der Waals surface area contributed by atoms with Gasteiger partial charge in [-0.15, -0.1) is 0 Å². The van der Waals surface area contributed by atoms with Gasteiger partial charge in [-0.25, -0.2) is 8.78 Å². The van der Waals surface area contributed by atoms with Crippen LogP contribution >= 0.6 is 0 Å². The molecule has 5 fully saturated rings. The van der Waals surface area contributed by atoms with Gasteiger partial charge in [0.15, 0.2) is 5.82 Å². The Morgan fingerprint density at radius 3 is 2.33 bits per heavy atom. The summed E-state index contributed by atoms with van der Waals surface area (Å²) in [6, 6.07) is 6.13. The number of aromatic hydroxyl groups is 1. The van der Waals surface area contributed by atoms with Gasteiger partial charge in [-0.05, 0) is 122 Å². The third kappa shape index (κ3) is 5.96. The fourth-order valence-corrected chi connectivity index (χ4v) is 9.08. The van der Waals surface area contributed by atoms with Crippen molar-refractivity contribution < 1.29 is 31.8 Å². The lowest BCUT2D eigenvalue weighted by Crippen LogP contribution is -2.51. The zero-order valence-corrected chi connectivity index (χ0v) is 28.7. The summed E-state index contributed by atoms with van der Waals surface area (Å²) in [6.07, 6.45) is 4.14. The standard InChI is InChI=1S/C39H42F5N5O2/c1-2-26-30(40)6-3-22-15-25(50)16-27(31(22)26)32-29(39(42,43)44)17-28-34(33(32)41)46-36(47-35(28)49-18-23-4-5-24(19-49)45-23)51-21-38(9-10-38)20-48-13-11-37(7-8-37)12-14-48/h3,6,15-17,23-24,45,50H,2,4-5,7-14,18-21H2,1H3. The quantitative estimate of drug-likeness (QED) is 0.180. The Hall–Kier alpha value is -3.77. The van der Waals surface area contributed by atoms with Crippen molar-refractivity contribution in [3.05, 3.63) is 53.1 Å². The molecular formula is C39H42F5N5O2. The van der Waals surface area contributed by atoms with Gasteiger partial charge in [0.25, 0.3) is 0 Å². The Labute approximate surface area is 293 Å². The van der Waals surface area contributed by atoms with Crippen LogP contribution in [0.1, 0.15) is 69.4 Å². The number of halogens is 5. The minimum atomic E-state index is -5.00. The number of rotatable bonds is 8. The molecule has 2 aliphatic carbocycles. The molecule has 1 aromatic heterocycles. The first-order valence-corrected chi connectivity index (χ1v) is 18.4. The molecule has 0 radical (unpaired) electrons. The molecule has 3 saturated heterocycles. The van der Waals surface area contributed by atoms with Gasteiger partial charge in [-0.2, -0.15) is 23.1 Å². The number of aryl methyl sites for hydroxylation is 1. The molecule has 4 heterocycles. The van der Waals surface area contributed by atoms with Crippen molar-refractivity contribution in [2.45, 2.75) is 83.0 Å². The molecule has 2 bridgehead atoms. The molecule has 3 aliphatic heterocycles. The average Bonchev–Trinajstić information content (AvgIpc) is 4.02. The maximum atomic E-state index is 17.2. The van der Waals surface area contributed by atoms with Gasteiger partial charge >= 0.3 is 12.2 Å². The number of aromatic nitrogens is 2. The van der Waals surface area contributed by atoms with Gasteiger partial charge in [0.05, 0.1) is 12.2 Å². The summed E-state index contributed by atoms with van der Waals surface area (Å²) in [5.74, 6) is -1.99. The number of likely N-dealkylation sites (tertiary alicyclic amines) is 1. The van der Waals surface area contributed by atoms with Crippen LogP contribution in [0.5, 0.6) is 11.8 Å². The van der Waals surface area contributed by atoms with Crippen LogP contribution in [-0.4, -0.2) is 71.4 Å². The van der Waals surface area contributed by atoms with E-state index in [0.717, 1.165) is 57.5 Å². The van der Waals surface area contributed by atoms with Crippen LogP contribution in [-0.2, 0) is 12.6 Å². The number of alkyl halides is 3. The van der Waals surface area contributed by atoms with Gasteiger partial charge in [-0.1, -0.05) is 13.0 Å². The zero-order valence-electron chi connectivity index (χ0n) is 28.7. The van der Waals surface area contributed by atoms with E-state index in [2.05, 4.69) is 15.2 Å². The first kappa shape index (κ1) is 33.1. The van der Waals surface area contributed by atoms with E-state index in [4.69, 9.17) is 9.72 Å². The van der Waals surface area contributed by atoms with E-state index in [1.54, 1.807) is 6.92 Å². The number of hydrogen-bond donors (Lipinski definition) is 2. The Morgan fingerprint density at radius 1 is 0.961 bits per heavy atom. The predicted octanol–water partition coefficient (Wildman–Crippen LogP) is 7.99. The fraction of sp³-hybridized carbons (Fsp3) is 0.538. The number of piperidine rings is 1. The molecule has 4 aromatic rings. The molecule has 2 unspecified atom stereocenters. The lowest BCUT2D eigenvalue weighted by molar-refractivity contribution is -0.137. The highest BCUT2D eigenvalue weighted by atomic mass is 19.4. The van der Waals surface area contributed by atoms with E-state index >= 15 is 22.0 Å². The largest absolute Gasteiger partial charge is 0.508 e. The molecule has 1 spiro atoms. The summed E-state index contributed by atoms with van der Waals surface area (Å²) in [5, 5.41) is 14.5. The third-order valence-corrected chi connectivity index (χ3v) is 12.4. The first-order chi connectivity index (χ1) is 24.4. The number of phenols is 1. The van der Waals surface area contributed by atoms with E-state index in [1.807, 2.05) is 4.90 Å². The number of fused-ring (bicyclic) bond motifs is 4. The van der Waals surface area contributed by atoms with E-state index in [-0.39, 0.29) is 68.9 Å². The summed E-state index contributed by atoms with van der Waals surface area (Å²) >= 11 is 0. The molecular weight excluding hydrogens is 665 g/mol. The molecule has 270 valence electrons. The van der Waals surface area contributed by atoms with Gasteiger partial charge in [0, 0.05) is 48.1 Å². The smallest absolute Gasteiger partial charge is 0.417 e. The van der Waals surface area contributed by atoms with Gasteiger partial charge in [0.1, 0.15) is 22.9 Å². The summed E-state index contributed by atoms with van der Waals surface area (Å²) in [5.41, 5.74) is -1.93. The van der Waals surface area contributed by atoms with Crippen molar-refractivity contribution in [1.29, 1.82) is 0 Å². The third-order valence-electron chi connectivity index (χ3n) is 12.4. The van der Waals surface area contributed by atoms with Crippen LogP contribution in [0.25, 0.3) is 32.8 Å². The van der Waals surface area contributed by atoms with Crippen LogP contribution in [0.2, 0.25) is 0 Å². The number of benzene rings is 3. The van der Waals surface area contributed by atoms with Gasteiger partial charge < -0.3 is 25.0 Å². The van der Waals surface area contributed by atoms with Crippen LogP contribution in [0.4, 0.5) is 27.8 Å². The van der Waals surface area contributed by atoms with Crippen LogP contribution < -0.4 is 15.0 Å². The van der Waals surface area contributed by atoms with Crippen LogP contribution in [0, 0.1) is 22.5 Å². The Bertz CT molecular complexity index is 2020. The molecule has 51 heavy (non-hydrogen) atoms. The summed E-state index contributed by atoms with van der Waals surface area (Å²) in [7, 11) is 0. The number of hydrogen-bond acceptors (Lipinski definition) is 7. The number of piperazine rings is 1. The van der Waals surface area contributed by atoms with Crippen molar-refractivity contribution in [1.82, 2.24) is 20.2 Å². The SMILES string of the molecule is CCc1c(F)ccc2cc(O)cc(-c3c(C(F)(F)F)cc4c(N5CC6CCC(C5)N6)nc(OCC5(CN6CCC7(CC6)CC7)CC5)nc4c3F)c12.